The predicted octanol–water partition coefficient (Wildman–Crippen LogP) is 4.59. The third kappa shape index (κ3) is 5.31. The molecular formula is C20H18BrFN4O4S2. The third-order valence-electron chi connectivity index (χ3n) is 4.34. The average molecular weight is 541 g/mol. The number of rotatable bonds is 6. The maximum atomic E-state index is 13.1. The number of carbonyl (C=O) groups is 2. The van der Waals surface area contributed by atoms with Gasteiger partial charge in [-0.1, -0.05) is 12.1 Å². The molecule has 0 aliphatic carbocycles. The molecule has 0 bridgehead atoms. The van der Waals surface area contributed by atoms with Crippen molar-refractivity contribution in [3.63, 3.8) is 0 Å². The number of halogens is 2. The van der Waals surface area contributed by atoms with Crippen LogP contribution in [0.5, 0.6) is 0 Å². The fourth-order valence-corrected chi connectivity index (χ4v) is 4.61. The molecule has 0 saturated heterocycles. The summed E-state index contributed by atoms with van der Waals surface area (Å²) < 4.78 is 25.0. The van der Waals surface area contributed by atoms with Gasteiger partial charge in [-0.15, -0.1) is 11.3 Å². The number of nitrogens with one attached hydrogen (secondary N) is 2. The lowest BCUT2D eigenvalue weighted by Crippen LogP contribution is -2.20. The van der Waals surface area contributed by atoms with Crippen LogP contribution >= 0.6 is 39.5 Å². The number of carbonyl (C=O) groups excluding carboxylic acids is 2. The molecule has 0 unspecified atom stereocenters. The molecule has 0 fully saturated rings. The van der Waals surface area contributed by atoms with Crippen molar-refractivity contribution < 1.29 is 23.5 Å². The summed E-state index contributed by atoms with van der Waals surface area (Å²) in [4.78, 5) is 24.5. The summed E-state index contributed by atoms with van der Waals surface area (Å²) in [6.07, 6.45) is 1.75. The van der Waals surface area contributed by atoms with Crippen molar-refractivity contribution in [3.05, 3.63) is 62.3 Å². The number of thiocarbonyl (C=S) groups is 1. The Bertz CT molecular complexity index is 1180. The van der Waals surface area contributed by atoms with Gasteiger partial charge in [0.1, 0.15) is 15.7 Å². The van der Waals surface area contributed by atoms with Crippen molar-refractivity contribution in [2.24, 2.45) is 0 Å². The van der Waals surface area contributed by atoms with Gasteiger partial charge in [-0.2, -0.15) is 5.10 Å². The molecule has 0 aliphatic heterocycles. The molecule has 3 rings (SSSR count). The molecule has 12 heteroatoms. The fraction of sp³-hybridized carbons (Fsp3) is 0.200. The number of esters is 2. The van der Waals surface area contributed by atoms with E-state index in [9.17, 15) is 14.0 Å². The lowest BCUT2D eigenvalue weighted by molar-refractivity contribution is 0.0601. The SMILES string of the molecule is COC(=O)c1sc(NC(=S)Nc2nn(Cc3ccc(F)cc3)cc2Br)c(C(=O)OC)c1C. The minimum absolute atomic E-state index is 0.153. The normalized spacial score (nSPS) is 10.5. The first-order valence-corrected chi connectivity index (χ1v) is 11.1. The van der Waals surface area contributed by atoms with Crippen molar-refractivity contribution >= 4 is 67.4 Å². The van der Waals surface area contributed by atoms with Crippen LogP contribution in [0.15, 0.2) is 34.9 Å². The molecule has 0 radical (unpaired) electrons. The minimum Gasteiger partial charge on any atom is -0.465 e. The molecule has 0 spiro atoms. The van der Waals surface area contributed by atoms with Gasteiger partial charge in [0.15, 0.2) is 10.9 Å². The summed E-state index contributed by atoms with van der Waals surface area (Å²) in [5.41, 5.74) is 1.51. The quantitative estimate of drug-likeness (QED) is 0.346. The van der Waals surface area contributed by atoms with E-state index >= 15 is 0 Å². The van der Waals surface area contributed by atoms with E-state index in [0.717, 1.165) is 16.9 Å². The summed E-state index contributed by atoms with van der Waals surface area (Å²) in [7, 11) is 2.51. The van der Waals surface area contributed by atoms with Crippen molar-refractivity contribution in [2.45, 2.75) is 13.5 Å². The molecule has 0 aliphatic rings. The van der Waals surface area contributed by atoms with Crippen LogP contribution in [0.2, 0.25) is 0 Å². The number of nitrogens with zero attached hydrogens (tertiary/aromatic N) is 2. The lowest BCUT2D eigenvalue weighted by Gasteiger charge is -2.09. The van der Waals surface area contributed by atoms with Gasteiger partial charge in [0.05, 0.1) is 30.8 Å². The Kier molecular flexibility index (Phi) is 7.59. The lowest BCUT2D eigenvalue weighted by atomic mass is 10.1. The van der Waals surface area contributed by atoms with Gasteiger partial charge in [-0.3, -0.25) is 4.68 Å². The summed E-state index contributed by atoms with van der Waals surface area (Å²) in [5.74, 6) is -1.04. The minimum atomic E-state index is -0.607. The molecule has 1 aromatic carbocycles. The monoisotopic (exact) mass is 540 g/mol. The molecule has 2 N–H and O–H groups in total. The second-order valence-electron chi connectivity index (χ2n) is 6.47. The second-order valence-corrected chi connectivity index (χ2v) is 8.76. The molecule has 3 aromatic rings. The van der Waals surface area contributed by atoms with E-state index in [2.05, 4.69) is 31.7 Å². The van der Waals surface area contributed by atoms with E-state index in [1.54, 1.807) is 29.9 Å². The van der Waals surface area contributed by atoms with Crippen LogP contribution in [0.3, 0.4) is 0 Å². The van der Waals surface area contributed by atoms with Crippen LogP contribution in [-0.4, -0.2) is 41.1 Å². The molecule has 32 heavy (non-hydrogen) atoms. The van der Waals surface area contributed by atoms with Crippen molar-refractivity contribution in [1.82, 2.24) is 9.78 Å². The van der Waals surface area contributed by atoms with Gasteiger partial charge in [0, 0.05) is 6.20 Å². The van der Waals surface area contributed by atoms with E-state index in [-0.39, 0.29) is 21.4 Å². The Morgan fingerprint density at radius 3 is 2.47 bits per heavy atom. The molecule has 2 aromatic heterocycles. The number of hydrogen-bond acceptors (Lipinski definition) is 7. The van der Waals surface area contributed by atoms with E-state index in [1.165, 1.54) is 26.4 Å². The zero-order valence-electron chi connectivity index (χ0n) is 17.2. The number of anilines is 2. The summed E-state index contributed by atoms with van der Waals surface area (Å²) in [6, 6.07) is 6.13. The van der Waals surface area contributed by atoms with Crippen molar-refractivity contribution in [2.75, 3.05) is 24.9 Å². The summed E-state index contributed by atoms with van der Waals surface area (Å²) in [5, 5.41) is 10.8. The van der Waals surface area contributed by atoms with E-state index in [4.69, 9.17) is 21.7 Å². The zero-order valence-corrected chi connectivity index (χ0v) is 20.4. The largest absolute Gasteiger partial charge is 0.465 e. The maximum absolute atomic E-state index is 13.1. The number of methoxy groups -OCH3 is 2. The van der Waals surface area contributed by atoms with Crippen LogP contribution in [0.1, 0.15) is 31.2 Å². The predicted molar refractivity (Wildman–Crippen MR) is 127 cm³/mol. The number of hydrogen-bond donors (Lipinski definition) is 2. The standard InChI is InChI=1S/C20H18BrFN4O4S2/c1-10-14(18(27)29-2)17(32-15(10)19(28)30-3)24-20(31)23-16-13(21)9-26(25-16)8-11-4-6-12(22)7-5-11/h4-7,9H,8H2,1-3H3,(H2,23,24,25,31). The van der Waals surface area contributed by atoms with Crippen LogP contribution < -0.4 is 10.6 Å². The van der Waals surface area contributed by atoms with Crippen molar-refractivity contribution in [3.8, 4) is 0 Å². The molecule has 8 nitrogen and oxygen atoms in total. The van der Waals surface area contributed by atoms with Gasteiger partial charge in [0.2, 0.25) is 0 Å². The van der Waals surface area contributed by atoms with Gasteiger partial charge < -0.3 is 20.1 Å². The highest BCUT2D eigenvalue weighted by Gasteiger charge is 2.26. The Hall–Kier alpha value is -2.83. The first-order chi connectivity index (χ1) is 15.2. The van der Waals surface area contributed by atoms with E-state index in [1.807, 2.05) is 0 Å². The number of benzene rings is 1. The Morgan fingerprint density at radius 2 is 1.84 bits per heavy atom. The third-order valence-corrected chi connectivity index (χ3v) is 6.31. The maximum Gasteiger partial charge on any atom is 0.348 e. The Labute approximate surface area is 200 Å². The fourth-order valence-electron chi connectivity index (χ4n) is 2.82. The van der Waals surface area contributed by atoms with E-state index in [0.29, 0.717) is 27.4 Å². The first kappa shape index (κ1) is 23.8. The molecule has 2 heterocycles. The van der Waals surface area contributed by atoms with Crippen LogP contribution in [0.25, 0.3) is 0 Å². The molecule has 0 saturated carbocycles. The number of aromatic nitrogens is 2. The second kappa shape index (κ2) is 10.2. The topological polar surface area (TPSA) is 94.5 Å². The average Bonchev–Trinajstić information content (AvgIpc) is 3.27. The van der Waals surface area contributed by atoms with Gasteiger partial charge >= 0.3 is 11.9 Å². The highest BCUT2D eigenvalue weighted by atomic mass is 79.9. The Balaban J connectivity index is 1.77. The number of ether oxygens (including phenoxy) is 2. The molecular weight excluding hydrogens is 523 g/mol. The smallest absolute Gasteiger partial charge is 0.348 e. The molecule has 0 atom stereocenters. The Morgan fingerprint density at radius 1 is 1.19 bits per heavy atom. The van der Waals surface area contributed by atoms with E-state index < -0.39 is 11.9 Å². The summed E-state index contributed by atoms with van der Waals surface area (Å²) >= 11 is 9.82. The zero-order chi connectivity index (χ0) is 23.4. The number of thiophene rings is 1. The van der Waals surface area contributed by atoms with Gasteiger partial charge in [0.25, 0.3) is 0 Å². The van der Waals surface area contributed by atoms with Gasteiger partial charge in [-0.25, -0.2) is 14.0 Å². The van der Waals surface area contributed by atoms with Crippen LogP contribution in [0.4, 0.5) is 15.2 Å². The highest BCUT2D eigenvalue weighted by Crippen LogP contribution is 2.34. The van der Waals surface area contributed by atoms with Crippen LogP contribution in [0, 0.1) is 12.7 Å². The first-order valence-electron chi connectivity index (χ1n) is 9.08. The summed E-state index contributed by atoms with van der Waals surface area (Å²) in [6.45, 7) is 2.06. The van der Waals surface area contributed by atoms with Gasteiger partial charge in [-0.05, 0) is 58.3 Å². The molecule has 168 valence electrons. The van der Waals surface area contributed by atoms with Crippen molar-refractivity contribution in [1.29, 1.82) is 0 Å². The molecule has 0 amide bonds. The highest BCUT2D eigenvalue weighted by molar-refractivity contribution is 9.10. The van der Waals surface area contributed by atoms with Crippen LogP contribution in [-0.2, 0) is 16.0 Å².